The molecule has 0 saturated carbocycles. The highest BCUT2D eigenvalue weighted by molar-refractivity contribution is 7.79. The monoisotopic (exact) mass is 337 g/mol. The van der Waals surface area contributed by atoms with Crippen molar-refractivity contribution >= 4 is 16.4 Å². The standard InChI is InChI=1S/C11H17N3O3.H2O4S/c12-11(13)14-6-9(15)7-16-8-17-10-4-2-1-3-5-10;1-5(2,3)4/h1-5,9,15H,6-8H2,(H4,12,13,14);(H2,1,2,3,4). The largest absolute Gasteiger partial charge is 0.468 e. The molecular formula is C11H19N3O7S. The van der Waals surface area contributed by atoms with Crippen LogP contribution < -0.4 is 16.2 Å². The number of aliphatic hydroxyl groups excluding tert-OH is 1. The number of benzene rings is 1. The number of aliphatic hydroxyl groups is 1. The number of guanidine groups is 1. The molecule has 0 bridgehead atoms. The van der Waals surface area contributed by atoms with Gasteiger partial charge < -0.3 is 26.0 Å². The number of hydrogen-bond donors (Lipinski definition) is 5. The molecule has 1 unspecified atom stereocenters. The van der Waals surface area contributed by atoms with Gasteiger partial charge in [-0.3, -0.25) is 14.1 Å². The van der Waals surface area contributed by atoms with E-state index in [0.717, 1.165) is 0 Å². The van der Waals surface area contributed by atoms with Crippen LogP contribution in [-0.2, 0) is 15.1 Å². The number of nitrogens with zero attached hydrogens (tertiary/aromatic N) is 1. The molecule has 1 rings (SSSR count). The maximum Gasteiger partial charge on any atom is 0.394 e. The van der Waals surface area contributed by atoms with Gasteiger partial charge in [0, 0.05) is 0 Å². The molecule has 0 aliphatic heterocycles. The Balaban J connectivity index is 0.000000763. The van der Waals surface area contributed by atoms with E-state index in [2.05, 4.69) is 4.99 Å². The van der Waals surface area contributed by atoms with E-state index < -0.39 is 16.5 Å². The fourth-order valence-electron chi connectivity index (χ4n) is 1.07. The quantitative estimate of drug-likeness (QED) is 0.137. The smallest absolute Gasteiger partial charge is 0.394 e. The number of hydrogen-bond acceptors (Lipinski definition) is 6. The van der Waals surface area contributed by atoms with Crippen LogP contribution in [0.3, 0.4) is 0 Å². The first-order chi connectivity index (χ1) is 10.2. The second-order valence-corrected chi connectivity index (χ2v) is 4.71. The normalized spacial score (nSPS) is 11.8. The topological polar surface area (TPSA) is 178 Å². The fraction of sp³-hybridized carbons (Fsp3) is 0.364. The van der Waals surface area contributed by atoms with Gasteiger partial charge in [-0.25, -0.2) is 0 Å². The molecule has 1 aromatic carbocycles. The van der Waals surface area contributed by atoms with Gasteiger partial charge in [-0.2, -0.15) is 8.42 Å². The molecule has 0 aliphatic rings. The summed E-state index contributed by atoms with van der Waals surface area (Å²) in [5, 5.41) is 9.40. The summed E-state index contributed by atoms with van der Waals surface area (Å²) < 4.78 is 42.0. The van der Waals surface area contributed by atoms with Gasteiger partial charge in [-0.05, 0) is 12.1 Å². The summed E-state index contributed by atoms with van der Waals surface area (Å²) in [5.41, 5.74) is 10.2. The highest BCUT2D eigenvalue weighted by Crippen LogP contribution is 2.07. The molecule has 22 heavy (non-hydrogen) atoms. The molecule has 0 heterocycles. The van der Waals surface area contributed by atoms with Gasteiger partial charge in [-0.15, -0.1) is 0 Å². The van der Waals surface area contributed by atoms with E-state index in [-0.39, 0.29) is 25.9 Å². The lowest BCUT2D eigenvalue weighted by molar-refractivity contribution is -0.0265. The van der Waals surface area contributed by atoms with Gasteiger partial charge in [0.2, 0.25) is 0 Å². The summed E-state index contributed by atoms with van der Waals surface area (Å²) in [6.07, 6.45) is -0.739. The van der Waals surface area contributed by atoms with Crippen molar-refractivity contribution in [2.75, 3.05) is 19.9 Å². The lowest BCUT2D eigenvalue weighted by atomic mass is 10.3. The molecule has 0 aliphatic carbocycles. The van der Waals surface area contributed by atoms with Crippen LogP contribution in [0, 0.1) is 0 Å². The molecule has 0 radical (unpaired) electrons. The van der Waals surface area contributed by atoms with Crippen molar-refractivity contribution < 1.29 is 32.1 Å². The SMILES string of the molecule is NC(N)=NCC(O)COCOc1ccccc1.O=S(=O)(O)O. The zero-order valence-corrected chi connectivity index (χ0v) is 12.4. The van der Waals surface area contributed by atoms with Gasteiger partial charge in [0.25, 0.3) is 0 Å². The first-order valence-corrected chi connectivity index (χ1v) is 7.27. The van der Waals surface area contributed by atoms with Crippen molar-refractivity contribution in [1.82, 2.24) is 0 Å². The first-order valence-electron chi connectivity index (χ1n) is 5.87. The van der Waals surface area contributed by atoms with Crippen LogP contribution in [0.25, 0.3) is 0 Å². The van der Waals surface area contributed by atoms with Crippen molar-refractivity contribution in [3.63, 3.8) is 0 Å². The molecule has 0 amide bonds. The Kier molecular flexibility index (Phi) is 9.82. The average Bonchev–Trinajstić information content (AvgIpc) is 2.41. The van der Waals surface area contributed by atoms with Gasteiger partial charge >= 0.3 is 10.4 Å². The zero-order valence-electron chi connectivity index (χ0n) is 11.6. The molecule has 0 aromatic heterocycles. The van der Waals surface area contributed by atoms with Crippen molar-refractivity contribution in [3.8, 4) is 5.75 Å². The molecule has 11 heteroatoms. The third-order valence-electron chi connectivity index (χ3n) is 1.85. The Labute approximate surface area is 127 Å². The Bertz CT molecular complexity index is 524. The predicted molar refractivity (Wildman–Crippen MR) is 78.8 cm³/mol. The second kappa shape index (κ2) is 10.8. The summed E-state index contributed by atoms with van der Waals surface area (Å²) in [6.45, 7) is 0.306. The lowest BCUT2D eigenvalue weighted by Gasteiger charge is -2.10. The van der Waals surface area contributed by atoms with Crippen molar-refractivity contribution in [2.24, 2.45) is 16.5 Å². The summed E-state index contributed by atoms with van der Waals surface area (Å²) in [5.74, 6) is 0.663. The zero-order chi connectivity index (χ0) is 17.0. The summed E-state index contributed by atoms with van der Waals surface area (Å²) in [6, 6.07) is 9.26. The first kappa shape index (κ1) is 20.1. The highest BCUT2D eigenvalue weighted by Gasteiger charge is 2.03. The van der Waals surface area contributed by atoms with E-state index >= 15 is 0 Å². The van der Waals surface area contributed by atoms with Crippen LogP contribution in [0.5, 0.6) is 5.75 Å². The van der Waals surface area contributed by atoms with Gasteiger partial charge in [0.15, 0.2) is 12.8 Å². The van der Waals surface area contributed by atoms with Crippen molar-refractivity contribution in [1.29, 1.82) is 0 Å². The van der Waals surface area contributed by atoms with Gasteiger partial charge in [0.05, 0.1) is 19.3 Å². The maximum absolute atomic E-state index is 9.40. The molecule has 0 saturated heterocycles. The van der Waals surface area contributed by atoms with Crippen LogP contribution in [0.15, 0.2) is 35.3 Å². The van der Waals surface area contributed by atoms with E-state index in [1.807, 2.05) is 30.3 Å². The molecule has 1 atom stereocenters. The van der Waals surface area contributed by atoms with Crippen LogP contribution >= 0.6 is 0 Å². The third kappa shape index (κ3) is 16.1. The molecule has 0 spiro atoms. The van der Waals surface area contributed by atoms with Crippen molar-refractivity contribution in [3.05, 3.63) is 30.3 Å². The minimum Gasteiger partial charge on any atom is -0.468 e. The average molecular weight is 337 g/mol. The number of para-hydroxylation sites is 1. The Hall–Kier alpha value is -1.92. The van der Waals surface area contributed by atoms with Crippen LogP contribution in [0.1, 0.15) is 0 Å². The predicted octanol–water partition coefficient (Wildman–Crippen LogP) is -0.979. The third-order valence-corrected chi connectivity index (χ3v) is 1.85. The molecule has 7 N–H and O–H groups in total. The summed E-state index contributed by atoms with van der Waals surface area (Å²) >= 11 is 0. The van der Waals surface area contributed by atoms with Gasteiger partial charge in [0.1, 0.15) is 5.75 Å². The Morgan fingerprint density at radius 3 is 2.27 bits per heavy atom. The minimum absolute atomic E-state index is 0.0513. The van der Waals surface area contributed by atoms with Crippen LogP contribution in [0.4, 0.5) is 0 Å². The maximum atomic E-state index is 9.40. The van der Waals surface area contributed by atoms with Crippen LogP contribution in [-0.4, -0.2) is 54.6 Å². The Morgan fingerprint density at radius 1 is 1.23 bits per heavy atom. The van der Waals surface area contributed by atoms with E-state index in [4.69, 9.17) is 38.5 Å². The van der Waals surface area contributed by atoms with E-state index in [1.54, 1.807) is 0 Å². The molecular weight excluding hydrogens is 318 g/mol. The van der Waals surface area contributed by atoms with E-state index in [9.17, 15) is 5.11 Å². The lowest BCUT2D eigenvalue weighted by Crippen LogP contribution is -2.27. The van der Waals surface area contributed by atoms with Crippen molar-refractivity contribution in [2.45, 2.75) is 6.10 Å². The number of nitrogens with two attached hydrogens (primary N) is 2. The Morgan fingerprint density at radius 2 is 1.77 bits per heavy atom. The molecule has 10 nitrogen and oxygen atoms in total. The van der Waals surface area contributed by atoms with E-state index in [0.29, 0.717) is 5.75 Å². The molecule has 126 valence electrons. The number of rotatable bonds is 7. The summed E-state index contributed by atoms with van der Waals surface area (Å²) in [4.78, 5) is 3.66. The molecule has 1 aromatic rings. The fourth-order valence-corrected chi connectivity index (χ4v) is 1.07. The van der Waals surface area contributed by atoms with Crippen LogP contribution in [0.2, 0.25) is 0 Å². The number of aliphatic imine (C=N–C) groups is 1. The summed E-state index contributed by atoms with van der Waals surface area (Å²) in [7, 11) is -4.67. The second-order valence-electron chi connectivity index (χ2n) is 3.81. The minimum atomic E-state index is -4.67. The van der Waals surface area contributed by atoms with E-state index in [1.165, 1.54) is 0 Å². The number of ether oxygens (including phenoxy) is 2. The molecule has 0 fully saturated rings. The highest BCUT2D eigenvalue weighted by atomic mass is 32.3. The van der Waals surface area contributed by atoms with Gasteiger partial charge in [-0.1, -0.05) is 18.2 Å².